The van der Waals surface area contributed by atoms with Gasteiger partial charge in [0.1, 0.15) is 0 Å². The first-order valence-corrected chi connectivity index (χ1v) is 7.74. The van der Waals surface area contributed by atoms with E-state index < -0.39 is 4.92 Å². The van der Waals surface area contributed by atoms with Gasteiger partial charge in [-0.1, -0.05) is 22.0 Å². The van der Waals surface area contributed by atoms with Crippen molar-refractivity contribution in [1.29, 1.82) is 0 Å². The first-order chi connectivity index (χ1) is 9.20. The predicted molar refractivity (Wildman–Crippen MR) is 79.2 cm³/mol. The Balaban J connectivity index is 2.04. The van der Waals surface area contributed by atoms with Crippen molar-refractivity contribution in [1.82, 2.24) is 0 Å². The number of benzene rings is 1. The zero-order valence-corrected chi connectivity index (χ0v) is 12.4. The summed E-state index contributed by atoms with van der Waals surface area (Å²) >= 11 is 4.91. The fraction of sp³-hybridized carbons (Fsp3) is 0.231. The van der Waals surface area contributed by atoms with Gasteiger partial charge in [0.25, 0.3) is 0 Å². The van der Waals surface area contributed by atoms with Crippen LogP contribution in [-0.4, -0.2) is 11.5 Å². The third-order valence-corrected chi connectivity index (χ3v) is 3.98. The van der Waals surface area contributed by atoms with E-state index in [1.54, 1.807) is 17.4 Å². The van der Waals surface area contributed by atoms with Crippen LogP contribution in [0.2, 0.25) is 0 Å². The smallest absolute Gasteiger partial charge is 0.311 e. The number of thiophene rings is 1. The number of halogens is 1. The number of nitro groups is 1. The normalized spacial score (nSPS) is 10.4. The van der Waals surface area contributed by atoms with Crippen molar-refractivity contribution in [2.75, 3.05) is 6.61 Å². The quantitative estimate of drug-likeness (QED) is 0.450. The average molecular weight is 342 g/mol. The number of hydrogen-bond acceptors (Lipinski definition) is 4. The van der Waals surface area contributed by atoms with Crippen molar-refractivity contribution < 1.29 is 9.66 Å². The largest absolute Gasteiger partial charge is 0.486 e. The van der Waals surface area contributed by atoms with Gasteiger partial charge in [-0.25, -0.2) is 0 Å². The maximum Gasteiger partial charge on any atom is 0.311 e. The number of alkyl halides is 1. The summed E-state index contributed by atoms with van der Waals surface area (Å²) in [7, 11) is 0. The van der Waals surface area contributed by atoms with Gasteiger partial charge in [-0.05, 0) is 34.0 Å². The average Bonchev–Trinajstić information content (AvgIpc) is 2.92. The Hall–Kier alpha value is -1.40. The SMILES string of the molecule is O=[N+]([O-])c1cc(CBr)ccc1OCCc1ccsc1. The van der Waals surface area contributed by atoms with E-state index in [-0.39, 0.29) is 5.69 Å². The summed E-state index contributed by atoms with van der Waals surface area (Å²) in [4.78, 5) is 10.6. The van der Waals surface area contributed by atoms with Gasteiger partial charge in [0.2, 0.25) is 0 Å². The van der Waals surface area contributed by atoms with E-state index in [4.69, 9.17) is 4.74 Å². The van der Waals surface area contributed by atoms with Gasteiger partial charge >= 0.3 is 5.69 Å². The molecule has 0 N–H and O–H groups in total. The minimum absolute atomic E-state index is 0.0160. The predicted octanol–water partition coefficient (Wildman–Crippen LogP) is 4.17. The molecule has 0 radical (unpaired) electrons. The van der Waals surface area contributed by atoms with E-state index in [0.29, 0.717) is 17.7 Å². The highest BCUT2D eigenvalue weighted by atomic mass is 79.9. The lowest BCUT2D eigenvalue weighted by molar-refractivity contribution is -0.385. The van der Waals surface area contributed by atoms with Crippen LogP contribution in [-0.2, 0) is 11.8 Å². The minimum atomic E-state index is -0.411. The van der Waals surface area contributed by atoms with E-state index in [1.807, 2.05) is 22.9 Å². The number of ether oxygens (including phenoxy) is 1. The molecule has 19 heavy (non-hydrogen) atoms. The van der Waals surface area contributed by atoms with Crippen LogP contribution in [0, 0.1) is 10.1 Å². The van der Waals surface area contributed by atoms with Crippen molar-refractivity contribution in [2.45, 2.75) is 11.8 Å². The summed E-state index contributed by atoms with van der Waals surface area (Å²) in [5.74, 6) is 0.324. The van der Waals surface area contributed by atoms with Crippen molar-refractivity contribution in [3.8, 4) is 5.75 Å². The Morgan fingerprint density at radius 1 is 1.32 bits per heavy atom. The zero-order chi connectivity index (χ0) is 13.7. The molecule has 0 bridgehead atoms. The summed E-state index contributed by atoms with van der Waals surface area (Å²) in [6, 6.07) is 7.04. The molecule has 0 fully saturated rings. The minimum Gasteiger partial charge on any atom is -0.486 e. The van der Waals surface area contributed by atoms with Gasteiger partial charge in [0.05, 0.1) is 11.5 Å². The Morgan fingerprint density at radius 2 is 2.16 bits per heavy atom. The molecule has 1 heterocycles. The van der Waals surface area contributed by atoms with E-state index in [9.17, 15) is 10.1 Å². The van der Waals surface area contributed by atoms with Crippen LogP contribution >= 0.6 is 27.3 Å². The summed E-state index contributed by atoms with van der Waals surface area (Å²) in [6.07, 6.45) is 0.751. The molecule has 0 saturated heterocycles. The molecule has 1 aromatic heterocycles. The molecule has 100 valence electrons. The van der Waals surface area contributed by atoms with Crippen LogP contribution in [0.25, 0.3) is 0 Å². The third kappa shape index (κ3) is 3.78. The van der Waals surface area contributed by atoms with Gasteiger partial charge in [0, 0.05) is 17.8 Å². The van der Waals surface area contributed by atoms with E-state index in [0.717, 1.165) is 12.0 Å². The summed E-state index contributed by atoms with van der Waals surface area (Å²) in [5.41, 5.74) is 2.06. The monoisotopic (exact) mass is 341 g/mol. The van der Waals surface area contributed by atoms with Crippen molar-refractivity contribution in [2.24, 2.45) is 0 Å². The van der Waals surface area contributed by atoms with Crippen LogP contribution in [0.15, 0.2) is 35.0 Å². The lowest BCUT2D eigenvalue weighted by Crippen LogP contribution is -2.03. The van der Waals surface area contributed by atoms with E-state index >= 15 is 0 Å². The summed E-state index contributed by atoms with van der Waals surface area (Å²) in [6.45, 7) is 0.436. The molecule has 0 amide bonds. The van der Waals surface area contributed by atoms with Gasteiger partial charge in [-0.15, -0.1) is 0 Å². The molecule has 4 nitrogen and oxygen atoms in total. The lowest BCUT2D eigenvalue weighted by Gasteiger charge is -2.07. The van der Waals surface area contributed by atoms with Crippen molar-refractivity contribution in [3.63, 3.8) is 0 Å². The maximum absolute atomic E-state index is 11.0. The van der Waals surface area contributed by atoms with E-state index in [2.05, 4.69) is 15.9 Å². The molecule has 0 aliphatic rings. The topological polar surface area (TPSA) is 52.4 Å². The first kappa shape index (κ1) is 14.0. The van der Waals surface area contributed by atoms with Crippen molar-refractivity contribution in [3.05, 3.63) is 56.3 Å². The number of nitrogens with zero attached hydrogens (tertiary/aromatic N) is 1. The molecular weight excluding hydrogens is 330 g/mol. The fourth-order valence-electron chi connectivity index (χ4n) is 1.62. The Kier molecular flexibility index (Phi) is 4.93. The highest BCUT2D eigenvalue weighted by molar-refractivity contribution is 9.08. The molecule has 1 aromatic carbocycles. The molecule has 2 aromatic rings. The molecule has 6 heteroatoms. The van der Waals surface area contributed by atoms with Crippen LogP contribution in [0.5, 0.6) is 5.75 Å². The third-order valence-electron chi connectivity index (χ3n) is 2.60. The molecule has 0 aliphatic carbocycles. The molecule has 0 unspecified atom stereocenters. The van der Waals surface area contributed by atoms with Crippen LogP contribution < -0.4 is 4.74 Å². The zero-order valence-electron chi connectivity index (χ0n) is 10.0. The number of hydrogen-bond donors (Lipinski definition) is 0. The Labute approximate surface area is 123 Å². The molecular formula is C13H12BrNO3S. The van der Waals surface area contributed by atoms with E-state index in [1.165, 1.54) is 11.6 Å². The van der Waals surface area contributed by atoms with Gasteiger partial charge in [-0.2, -0.15) is 11.3 Å². The second-order valence-corrected chi connectivity index (χ2v) is 5.26. The van der Waals surface area contributed by atoms with Crippen molar-refractivity contribution >= 4 is 33.0 Å². The fourth-order valence-corrected chi connectivity index (χ4v) is 2.68. The summed E-state index contributed by atoms with van der Waals surface area (Å²) < 4.78 is 5.52. The highest BCUT2D eigenvalue weighted by Crippen LogP contribution is 2.28. The second-order valence-electron chi connectivity index (χ2n) is 3.92. The molecule has 0 saturated carbocycles. The van der Waals surface area contributed by atoms with Gasteiger partial charge < -0.3 is 4.74 Å². The Bertz CT molecular complexity index is 557. The molecule has 0 spiro atoms. The maximum atomic E-state index is 11.0. The number of rotatable bonds is 6. The second kappa shape index (κ2) is 6.68. The highest BCUT2D eigenvalue weighted by Gasteiger charge is 2.15. The summed E-state index contributed by atoms with van der Waals surface area (Å²) in [5, 5.41) is 15.6. The molecule has 2 rings (SSSR count). The lowest BCUT2D eigenvalue weighted by atomic mass is 10.2. The van der Waals surface area contributed by atoms with Gasteiger partial charge in [0.15, 0.2) is 5.75 Å². The van der Waals surface area contributed by atoms with Crippen LogP contribution in [0.4, 0.5) is 5.69 Å². The number of nitro benzene ring substituents is 1. The standard InChI is InChI=1S/C13H12BrNO3S/c14-8-11-1-2-13(12(7-11)15(16)17)18-5-3-10-4-6-19-9-10/h1-2,4,6-7,9H,3,5,8H2. The first-order valence-electron chi connectivity index (χ1n) is 5.68. The molecule has 0 aliphatic heterocycles. The molecule has 0 atom stereocenters. The van der Waals surface area contributed by atoms with Crippen LogP contribution in [0.1, 0.15) is 11.1 Å². The van der Waals surface area contributed by atoms with Crippen LogP contribution in [0.3, 0.4) is 0 Å². The Morgan fingerprint density at radius 3 is 2.79 bits per heavy atom. The van der Waals surface area contributed by atoms with Gasteiger partial charge in [-0.3, -0.25) is 10.1 Å².